The minimum absolute atomic E-state index is 0.567. The van der Waals surface area contributed by atoms with Crippen LogP contribution in [0.2, 0.25) is 0 Å². The number of halogens is 2. The summed E-state index contributed by atoms with van der Waals surface area (Å²) in [4.78, 5) is 4.73. The van der Waals surface area contributed by atoms with E-state index in [1.807, 2.05) is 24.7 Å². The lowest BCUT2D eigenvalue weighted by atomic mass is 10.3. The van der Waals surface area contributed by atoms with Crippen molar-refractivity contribution in [2.24, 2.45) is 0 Å². The van der Waals surface area contributed by atoms with Gasteiger partial charge in [-0.3, -0.25) is 0 Å². The van der Waals surface area contributed by atoms with Crippen molar-refractivity contribution in [2.45, 2.75) is 36.1 Å². The second-order valence-electron chi connectivity index (χ2n) is 4.75. The van der Waals surface area contributed by atoms with Gasteiger partial charge in [0.25, 0.3) is 5.76 Å². The summed E-state index contributed by atoms with van der Waals surface area (Å²) in [5.41, 5.74) is 1.82. The summed E-state index contributed by atoms with van der Waals surface area (Å²) in [6.07, 6.45) is 6.06. The number of nitrogens with one attached hydrogen (secondary N) is 1. The fraction of sp³-hybridized carbons (Fsp3) is 0.357. The van der Waals surface area contributed by atoms with Gasteiger partial charge in [0.05, 0.1) is 18.6 Å². The van der Waals surface area contributed by atoms with Crippen molar-refractivity contribution < 1.29 is 8.78 Å². The van der Waals surface area contributed by atoms with Crippen molar-refractivity contribution >= 4 is 17.4 Å². The second kappa shape index (κ2) is 5.83. The van der Waals surface area contributed by atoms with E-state index in [1.54, 1.807) is 12.1 Å². The fourth-order valence-corrected chi connectivity index (χ4v) is 2.76. The van der Waals surface area contributed by atoms with Crippen LogP contribution in [-0.4, -0.2) is 15.3 Å². The molecule has 0 bridgehead atoms. The molecule has 1 aliphatic rings. The molecule has 3 rings (SSSR count). The minimum atomic E-state index is -2.41. The summed E-state index contributed by atoms with van der Waals surface area (Å²) < 4.78 is 27.2. The van der Waals surface area contributed by atoms with Crippen LogP contribution in [0.1, 0.15) is 24.6 Å². The Labute approximate surface area is 120 Å². The zero-order chi connectivity index (χ0) is 13.9. The molecule has 1 aliphatic carbocycles. The van der Waals surface area contributed by atoms with E-state index in [0.29, 0.717) is 29.2 Å². The Bertz CT molecular complexity index is 581. The Morgan fingerprint density at radius 2 is 2.15 bits per heavy atom. The highest BCUT2D eigenvalue weighted by Crippen LogP contribution is 2.36. The molecule has 0 radical (unpaired) electrons. The van der Waals surface area contributed by atoms with E-state index in [9.17, 15) is 8.78 Å². The predicted octanol–water partition coefficient (Wildman–Crippen LogP) is 4.14. The summed E-state index contributed by atoms with van der Waals surface area (Å²) in [5, 5.41) is 3.23. The first-order chi connectivity index (χ1) is 9.74. The molecule has 1 heterocycles. The lowest BCUT2D eigenvalue weighted by Gasteiger charge is -2.12. The monoisotopic (exact) mass is 295 g/mol. The number of alkyl halides is 2. The quantitative estimate of drug-likeness (QED) is 0.812. The summed E-state index contributed by atoms with van der Waals surface area (Å²) in [6, 6.07) is 7.71. The number of para-hydroxylation sites is 1. The maximum absolute atomic E-state index is 12.5. The number of rotatable bonds is 6. The van der Waals surface area contributed by atoms with Crippen molar-refractivity contribution in [1.82, 2.24) is 9.55 Å². The topological polar surface area (TPSA) is 29.9 Å². The molecule has 1 saturated carbocycles. The van der Waals surface area contributed by atoms with E-state index in [-0.39, 0.29) is 0 Å². The van der Waals surface area contributed by atoms with Gasteiger partial charge in [0.1, 0.15) is 0 Å². The third-order valence-electron chi connectivity index (χ3n) is 3.25. The normalized spacial score (nSPS) is 14.8. The molecule has 1 aromatic heterocycles. The molecule has 0 spiro atoms. The molecule has 1 fully saturated rings. The zero-order valence-electron chi connectivity index (χ0n) is 10.8. The molecule has 1 N–H and O–H groups in total. The van der Waals surface area contributed by atoms with Gasteiger partial charge in [-0.05, 0) is 25.0 Å². The van der Waals surface area contributed by atoms with Gasteiger partial charge in [0.15, 0.2) is 0 Å². The van der Waals surface area contributed by atoms with Gasteiger partial charge < -0.3 is 9.88 Å². The zero-order valence-corrected chi connectivity index (χ0v) is 11.6. The van der Waals surface area contributed by atoms with Crippen LogP contribution in [0.3, 0.4) is 0 Å². The van der Waals surface area contributed by atoms with E-state index in [0.717, 1.165) is 11.4 Å². The molecule has 20 heavy (non-hydrogen) atoms. The molecular weight excluding hydrogens is 280 g/mol. The number of imidazole rings is 1. The summed E-state index contributed by atoms with van der Waals surface area (Å²) in [5.74, 6) is -2.41. The Balaban J connectivity index is 1.70. The highest BCUT2D eigenvalue weighted by atomic mass is 32.2. The minimum Gasteiger partial charge on any atom is -0.378 e. The van der Waals surface area contributed by atoms with Gasteiger partial charge >= 0.3 is 0 Å². The molecule has 0 saturated heterocycles. The Morgan fingerprint density at radius 3 is 2.90 bits per heavy atom. The number of hydrogen-bond acceptors (Lipinski definition) is 3. The van der Waals surface area contributed by atoms with Crippen LogP contribution in [0, 0.1) is 0 Å². The van der Waals surface area contributed by atoms with Gasteiger partial charge in [-0.1, -0.05) is 23.9 Å². The van der Waals surface area contributed by atoms with Crippen molar-refractivity contribution in [2.75, 3.05) is 5.32 Å². The SMILES string of the molecule is FC(F)Sc1ccccc1NCc1cncn1C1CC1. The third-order valence-corrected chi connectivity index (χ3v) is 4.04. The van der Waals surface area contributed by atoms with Gasteiger partial charge in [-0.2, -0.15) is 8.78 Å². The molecule has 6 heteroatoms. The van der Waals surface area contributed by atoms with E-state index < -0.39 is 5.76 Å². The second-order valence-corrected chi connectivity index (χ2v) is 5.78. The standard InChI is InChI=1S/C14H15F2N3S/c15-14(16)20-13-4-2-1-3-12(13)18-8-11-7-17-9-19(11)10-5-6-10/h1-4,7,9-10,14,18H,5-6,8H2. The Morgan fingerprint density at radius 1 is 1.35 bits per heavy atom. The average molecular weight is 295 g/mol. The van der Waals surface area contributed by atoms with Gasteiger partial charge in [-0.25, -0.2) is 4.98 Å². The van der Waals surface area contributed by atoms with Crippen LogP contribution in [0.4, 0.5) is 14.5 Å². The van der Waals surface area contributed by atoms with E-state index in [4.69, 9.17) is 0 Å². The van der Waals surface area contributed by atoms with Crippen LogP contribution < -0.4 is 5.32 Å². The van der Waals surface area contributed by atoms with E-state index in [1.165, 1.54) is 12.8 Å². The highest BCUT2D eigenvalue weighted by molar-refractivity contribution is 7.99. The predicted molar refractivity (Wildman–Crippen MR) is 76.1 cm³/mol. The number of hydrogen-bond donors (Lipinski definition) is 1. The first-order valence-electron chi connectivity index (χ1n) is 6.52. The van der Waals surface area contributed by atoms with E-state index in [2.05, 4.69) is 14.9 Å². The molecule has 0 atom stereocenters. The fourth-order valence-electron chi connectivity index (χ4n) is 2.15. The largest absolute Gasteiger partial charge is 0.378 e. The Kier molecular flexibility index (Phi) is 3.91. The van der Waals surface area contributed by atoms with Crippen molar-refractivity contribution in [3.8, 4) is 0 Å². The molecular formula is C14H15F2N3S. The lowest BCUT2D eigenvalue weighted by molar-refractivity contribution is 0.252. The number of aromatic nitrogens is 2. The number of benzene rings is 1. The number of nitrogens with zero attached hydrogens (tertiary/aromatic N) is 2. The highest BCUT2D eigenvalue weighted by Gasteiger charge is 2.25. The van der Waals surface area contributed by atoms with Crippen molar-refractivity contribution in [1.29, 1.82) is 0 Å². The van der Waals surface area contributed by atoms with Gasteiger partial charge in [0, 0.05) is 22.8 Å². The molecule has 106 valence electrons. The first kappa shape index (κ1) is 13.4. The summed E-state index contributed by atoms with van der Waals surface area (Å²) >= 11 is 0.567. The van der Waals surface area contributed by atoms with Crippen LogP contribution >= 0.6 is 11.8 Å². The lowest BCUT2D eigenvalue weighted by Crippen LogP contribution is -2.06. The smallest absolute Gasteiger partial charge is 0.288 e. The Hall–Kier alpha value is -1.56. The molecule has 1 aromatic carbocycles. The molecule has 0 unspecified atom stereocenters. The van der Waals surface area contributed by atoms with Crippen molar-refractivity contribution in [3.05, 3.63) is 42.5 Å². The summed E-state index contributed by atoms with van der Waals surface area (Å²) in [7, 11) is 0. The van der Waals surface area contributed by atoms with Gasteiger partial charge in [0.2, 0.25) is 0 Å². The van der Waals surface area contributed by atoms with Crippen LogP contribution in [0.5, 0.6) is 0 Å². The molecule has 3 nitrogen and oxygen atoms in total. The van der Waals surface area contributed by atoms with Crippen LogP contribution in [0.15, 0.2) is 41.7 Å². The molecule has 2 aromatic rings. The first-order valence-corrected chi connectivity index (χ1v) is 7.40. The maximum atomic E-state index is 12.5. The third kappa shape index (κ3) is 3.12. The van der Waals surface area contributed by atoms with E-state index >= 15 is 0 Å². The van der Waals surface area contributed by atoms with Crippen LogP contribution in [0.25, 0.3) is 0 Å². The number of anilines is 1. The van der Waals surface area contributed by atoms with Gasteiger partial charge in [-0.15, -0.1) is 0 Å². The number of thioether (sulfide) groups is 1. The maximum Gasteiger partial charge on any atom is 0.288 e. The molecule has 0 aliphatic heterocycles. The van der Waals surface area contributed by atoms with Crippen molar-refractivity contribution in [3.63, 3.8) is 0 Å². The summed E-state index contributed by atoms with van der Waals surface area (Å²) in [6.45, 7) is 0.595. The molecule has 0 amide bonds. The van der Waals surface area contributed by atoms with Crippen LogP contribution in [-0.2, 0) is 6.54 Å². The average Bonchev–Trinajstić information content (AvgIpc) is 3.16.